The van der Waals surface area contributed by atoms with E-state index in [0.717, 1.165) is 17.6 Å². The van der Waals surface area contributed by atoms with Gasteiger partial charge in [-0.1, -0.05) is 12.8 Å². The zero-order valence-electron chi connectivity index (χ0n) is 8.60. The monoisotopic (exact) mass is 200 g/mol. The smallest absolute Gasteiger partial charge is 0.166 e. The Bertz CT molecular complexity index is 164. The van der Waals surface area contributed by atoms with Crippen molar-refractivity contribution in [3.8, 4) is 0 Å². The summed E-state index contributed by atoms with van der Waals surface area (Å²) < 4.78 is 0. The van der Waals surface area contributed by atoms with Gasteiger partial charge in [0, 0.05) is 12.6 Å². The van der Waals surface area contributed by atoms with Crippen molar-refractivity contribution in [2.24, 2.45) is 5.92 Å². The molecule has 0 spiro atoms. The van der Waals surface area contributed by atoms with Gasteiger partial charge in [0.2, 0.25) is 0 Å². The van der Waals surface area contributed by atoms with Gasteiger partial charge in [-0.2, -0.15) is 0 Å². The summed E-state index contributed by atoms with van der Waals surface area (Å²) in [5.41, 5.74) is 0. The van der Waals surface area contributed by atoms with E-state index in [1.54, 1.807) is 0 Å². The van der Waals surface area contributed by atoms with E-state index >= 15 is 0 Å². The molecule has 1 fully saturated rings. The fourth-order valence-electron chi connectivity index (χ4n) is 1.31. The minimum absolute atomic E-state index is 0.434. The summed E-state index contributed by atoms with van der Waals surface area (Å²) in [5.74, 6) is 1.04. The van der Waals surface area contributed by atoms with E-state index in [-0.39, 0.29) is 0 Å². The molecule has 13 heavy (non-hydrogen) atoms. The molecule has 0 aromatic carbocycles. The molecule has 0 atom stereocenters. The van der Waals surface area contributed by atoms with Crippen LogP contribution in [0.5, 0.6) is 0 Å². The van der Waals surface area contributed by atoms with Crippen LogP contribution in [0.3, 0.4) is 0 Å². The van der Waals surface area contributed by atoms with Crippen LogP contribution in [0.4, 0.5) is 0 Å². The van der Waals surface area contributed by atoms with Gasteiger partial charge >= 0.3 is 0 Å². The molecule has 0 aliphatic heterocycles. The van der Waals surface area contributed by atoms with Gasteiger partial charge in [0.05, 0.1) is 0 Å². The lowest BCUT2D eigenvalue weighted by atomic mass is 10.2. The topological polar surface area (TPSA) is 24.1 Å². The highest BCUT2D eigenvalue weighted by molar-refractivity contribution is 7.80. The first-order valence-corrected chi connectivity index (χ1v) is 5.63. The standard InChI is InChI=1S/C10H20N2S/c1-8(2)12-10(13)11-7-3-4-9-5-6-9/h8-9H,3-7H2,1-2H3,(H2,11,12,13). The third-order valence-corrected chi connectivity index (χ3v) is 2.45. The summed E-state index contributed by atoms with van der Waals surface area (Å²) in [6.45, 7) is 5.21. The summed E-state index contributed by atoms with van der Waals surface area (Å²) in [6.07, 6.45) is 5.53. The van der Waals surface area contributed by atoms with E-state index < -0.39 is 0 Å². The van der Waals surface area contributed by atoms with Crippen LogP contribution in [0.1, 0.15) is 39.5 Å². The van der Waals surface area contributed by atoms with Gasteiger partial charge in [0.15, 0.2) is 5.11 Å². The molecule has 0 aromatic heterocycles. The van der Waals surface area contributed by atoms with Crippen LogP contribution in [0.15, 0.2) is 0 Å². The van der Waals surface area contributed by atoms with Crippen molar-refractivity contribution < 1.29 is 0 Å². The lowest BCUT2D eigenvalue weighted by Crippen LogP contribution is -2.39. The Balaban J connectivity index is 1.88. The summed E-state index contributed by atoms with van der Waals surface area (Å²) in [4.78, 5) is 0. The molecule has 1 rings (SSSR count). The predicted molar refractivity (Wildman–Crippen MR) is 60.8 cm³/mol. The molecule has 0 unspecified atom stereocenters. The summed E-state index contributed by atoms with van der Waals surface area (Å²) in [5, 5.41) is 7.18. The van der Waals surface area contributed by atoms with Crippen molar-refractivity contribution >= 4 is 17.3 Å². The molecule has 2 N–H and O–H groups in total. The van der Waals surface area contributed by atoms with Gasteiger partial charge in [0.25, 0.3) is 0 Å². The predicted octanol–water partition coefficient (Wildman–Crippen LogP) is 2.05. The highest BCUT2D eigenvalue weighted by Gasteiger charge is 2.19. The van der Waals surface area contributed by atoms with Gasteiger partial charge < -0.3 is 10.6 Å². The Morgan fingerprint density at radius 3 is 2.69 bits per heavy atom. The van der Waals surface area contributed by atoms with Crippen LogP contribution in [0.2, 0.25) is 0 Å². The van der Waals surface area contributed by atoms with E-state index in [1.807, 2.05) is 0 Å². The molecule has 0 radical (unpaired) electrons. The van der Waals surface area contributed by atoms with Gasteiger partial charge in [0.1, 0.15) is 0 Å². The third kappa shape index (κ3) is 5.86. The van der Waals surface area contributed by atoms with Crippen LogP contribution in [0, 0.1) is 5.92 Å². The number of hydrogen-bond donors (Lipinski definition) is 2. The van der Waals surface area contributed by atoms with E-state index in [2.05, 4.69) is 24.5 Å². The molecule has 3 heteroatoms. The first-order valence-electron chi connectivity index (χ1n) is 5.23. The lowest BCUT2D eigenvalue weighted by Gasteiger charge is -2.12. The Morgan fingerprint density at radius 1 is 1.46 bits per heavy atom. The molecular formula is C10H20N2S. The van der Waals surface area contributed by atoms with Crippen LogP contribution in [-0.4, -0.2) is 17.7 Å². The first-order chi connectivity index (χ1) is 6.18. The van der Waals surface area contributed by atoms with Crippen LogP contribution in [-0.2, 0) is 0 Å². The fourth-order valence-corrected chi connectivity index (χ4v) is 1.65. The molecule has 1 saturated carbocycles. The van der Waals surface area contributed by atoms with Crippen molar-refractivity contribution in [3.05, 3.63) is 0 Å². The fraction of sp³-hybridized carbons (Fsp3) is 0.900. The molecule has 0 heterocycles. The van der Waals surface area contributed by atoms with Gasteiger partial charge in [-0.25, -0.2) is 0 Å². The van der Waals surface area contributed by atoms with Gasteiger partial charge in [-0.3, -0.25) is 0 Å². The second-order valence-electron chi connectivity index (χ2n) is 4.14. The van der Waals surface area contributed by atoms with Crippen LogP contribution in [0.25, 0.3) is 0 Å². The second kappa shape index (κ2) is 5.43. The minimum atomic E-state index is 0.434. The maximum absolute atomic E-state index is 5.10. The zero-order chi connectivity index (χ0) is 9.68. The Kier molecular flexibility index (Phi) is 4.50. The van der Waals surface area contributed by atoms with Crippen LogP contribution >= 0.6 is 12.2 Å². The average Bonchev–Trinajstić information content (AvgIpc) is 2.80. The normalized spacial score (nSPS) is 15.9. The average molecular weight is 200 g/mol. The molecular weight excluding hydrogens is 180 g/mol. The quantitative estimate of drug-likeness (QED) is 0.525. The Labute approximate surface area is 86.5 Å². The first kappa shape index (κ1) is 10.8. The Hall–Kier alpha value is -0.310. The molecule has 0 saturated heterocycles. The van der Waals surface area contributed by atoms with E-state index in [0.29, 0.717) is 6.04 Å². The van der Waals surface area contributed by atoms with Crippen LogP contribution < -0.4 is 10.6 Å². The maximum Gasteiger partial charge on any atom is 0.166 e. The number of rotatable bonds is 5. The largest absolute Gasteiger partial charge is 0.363 e. The van der Waals surface area contributed by atoms with Gasteiger partial charge in [-0.05, 0) is 44.8 Å². The van der Waals surface area contributed by atoms with Crippen molar-refractivity contribution in [1.29, 1.82) is 0 Å². The van der Waals surface area contributed by atoms with Crippen molar-refractivity contribution in [1.82, 2.24) is 10.6 Å². The van der Waals surface area contributed by atoms with Crippen molar-refractivity contribution in [2.45, 2.75) is 45.6 Å². The molecule has 0 bridgehead atoms. The molecule has 2 nitrogen and oxygen atoms in total. The SMILES string of the molecule is CC(C)NC(=S)NCCCC1CC1. The summed E-state index contributed by atoms with van der Waals surface area (Å²) >= 11 is 5.10. The van der Waals surface area contributed by atoms with E-state index in [4.69, 9.17) is 12.2 Å². The summed E-state index contributed by atoms with van der Waals surface area (Å²) in [6, 6.07) is 0.434. The van der Waals surface area contributed by atoms with E-state index in [1.165, 1.54) is 25.7 Å². The Morgan fingerprint density at radius 2 is 2.15 bits per heavy atom. The van der Waals surface area contributed by atoms with Crippen molar-refractivity contribution in [2.75, 3.05) is 6.54 Å². The summed E-state index contributed by atoms with van der Waals surface area (Å²) in [7, 11) is 0. The molecule has 1 aliphatic rings. The second-order valence-corrected chi connectivity index (χ2v) is 4.55. The number of hydrogen-bond acceptors (Lipinski definition) is 1. The third-order valence-electron chi connectivity index (χ3n) is 2.19. The molecule has 76 valence electrons. The van der Waals surface area contributed by atoms with Gasteiger partial charge in [-0.15, -0.1) is 0 Å². The minimum Gasteiger partial charge on any atom is -0.363 e. The lowest BCUT2D eigenvalue weighted by molar-refractivity contribution is 0.640. The molecule has 1 aliphatic carbocycles. The molecule has 0 amide bonds. The highest BCUT2D eigenvalue weighted by Crippen LogP contribution is 2.33. The number of nitrogens with one attached hydrogen (secondary N) is 2. The highest BCUT2D eigenvalue weighted by atomic mass is 32.1. The van der Waals surface area contributed by atoms with Crippen molar-refractivity contribution in [3.63, 3.8) is 0 Å². The maximum atomic E-state index is 5.10. The number of thiocarbonyl (C=S) groups is 1. The van der Waals surface area contributed by atoms with E-state index in [9.17, 15) is 0 Å². The zero-order valence-corrected chi connectivity index (χ0v) is 9.41. The molecule has 0 aromatic rings.